The smallest absolute Gasteiger partial charge is 0.267 e. The molecule has 0 unspecified atom stereocenters. The number of benzene rings is 2. The number of hydrogen-bond acceptors (Lipinski definition) is 2. The summed E-state index contributed by atoms with van der Waals surface area (Å²) >= 11 is 11.9. The molecule has 0 aromatic heterocycles. The maximum absolute atomic E-state index is 11.9. The van der Waals surface area contributed by atoms with Crippen molar-refractivity contribution in [3.8, 4) is 0 Å². The lowest BCUT2D eigenvalue weighted by molar-refractivity contribution is 0.0955. The Morgan fingerprint density at radius 3 is 2.55 bits per heavy atom. The van der Waals surface area contributed by atoms with Gasteiger partial charge in [-0.25, -0.2) is 5.43 Å². The molecule has 0 aliphatic rings. The lowest BCUT2D eigenvalue weighted by Crippen LogP contribution is -2.19. The summed E-state index contributed by atoms with van der Waals surface area (Å²) in [5.74, 6) is -0.350. The molecule has 0 bridgehead atoms. The summed E-state index contributed by atoms with van der Waals surface area (Å²) in [6.45, 7) is 1.79. The van der Waals surface area contributed by atoms with Crippen molar-refractivity contribution in [3.63, 3.8) is 0 Å². The molecule has 0 atom stereocenters. The third kappa shape index (κ3) is 3.59. The largest absolute Gasteiger partial charge is 0.272 e. The number of amides is 1. The number of rotatable bonds is 3. The molecule has 2 aromatic carbocycles. The Bertz CT molecular complexity index is 668. The Morgan fingerprint density at radius 1 is 1.10 bits per heavy atom. The van der Waals surface area contributed by atoms with Gasteiger partial charge in [-0.15, -0.1) is 0 Å². The van der Waals surface area contributed by atoms with Crippen molar-refractivity contribution in [2.24, 2.45) is 5.10 Å². The third-order valence-corrected chi connectivity index (χ3v) is 3.25. The first kappa shape index (κ1) is 14.6. The zero-order valence-electron chi connectivity index (χ0n) is 10.7. The predicted molar refractivity (Wildman–Crippen MR) is 82.6 cm³/mol. The number of carbonyl (C=O) groups excluding carboxylic acids is 1. The molecule has 0 saturated heterocycles. The minimum absolute atomic E-state index is 0.350. The molecule has 0 aliphatic heterocycles. The van der Waals surface area contributed by atoms with Gasteiger partial charge in [-0.3, -0.25) is 4.79 Å². The molecule has 0 heterocycles. The summed E-state index contributed by atoms with van der Waals surface area (Å²) in [6, 6.07) is 14.1. The zero-order chi connectivity index (χ0) is 14.5. The molecule has 0 radical (unpaired) electrons. The van der Waals surface area contributed by atoms with Gasteiger partial charge in [0, 0.05) is 5.02 Å². The molecule has 0 aliphatic carbocycles. The lowest BCUT2D eigenvalue weighted by atomic mass is 10.1. The highest BCUT2D eigenvalue weighted by molar-refractivity contribution is 6.33. The van der Waals surface area contributed by atoms with Gasteiger partial charge in [-0.2, -0.15) is 5.10 Å². The Labute approximate surface area is 127 Å². The van der Waals surface area contributed by atoms with Crippen LogP contribution >= 0.6 is 23.2 Å². The van der Waals surface area contributed by atoms with Gasteiger partial charge >= 0.3 is 0 Å². The minimum Gasteiger partial charge on any atom is -0.267 e. The maximum atomic E-state index is 11.9. The van der Waals surface area contributed by atoms with E-state index in [9.17, 15) is 4.79 Å². The summed E-state index contributed by atoms with van der Waals surface area (Å²) in [5.41, 5.74) is 4.37. The fourth-order valence-corrected chi connectivity index (χ4v) is 2.03. The molecule has 5 heteroatoms. The second-order valence-electron chi connectivity index (χ2n) is 4.13. The van der Waals surface area contributed by atoms with Crippen molar-refractivity contribution >= 4 is 34.8 Å². The van der Waals surface area contributed by atoms with Crippen LogP contribution in [0.3, 0.4) is 0 Å². The summed E-state index contributed by atoms with van der Waals surface area (Å²) in [4.78, 5) is 11.9. The number of carbonyl (C=O) groups is 1. The monoisotopic (exact) mass is 306 g/mol. The van der Waals surface area contributed by atoms with Crippen LogP contribution in [-0.2, 0) is 0 Å². The normalized spacial score (nSPS) is 11.2. The highest BCUT2D eigenvalue weighted by atomic mass is 35.5. The van der Waals surface area contributed by atoms with E-state index in [1.165, 1.54) is 0 Å². The minimum atomic E-state index is -0.350. The Morgan fingerprint density at radius 2 is 1.85 bits per heavy atom. The molecular weight excluding hydrogens is 295 g/mol. The number of hydrogen-bond donors (Lipinski definition) is 1. The molecule has 20 heavy (non-hydrogen) atoms. The van der Waals surface area contributed by atoms with Crippen LogP contribution in [0.1, 0.15) is 22.8 Å². The van der Waals surface area contributed by atoms with E-state index in [0.29, 0.717) is 21.3 Å². The van der Waals surface area contributed by atoms with Gasteiger partial charge in [0.2, 0.25) is 0 Å². The SMILES string of the molecule is C/C(=N/NC(=O)c1ccccc1Cl)c1cccc(Cl)c1. The molecule has 1 amide bonds. The summed E-state index contributed by atoms with van der Waals surface area (Å²) in [7, 11) is 0. The van der Waals surface area contributed by atoms with E-state index in [0.717, 1.165) is 5.56 Å². The van der Waals surface area contributed by atoms with Crippen LogP contribution in [-0.4, -0.2) is 11.6 Å². The average Bonchev–Trinajstić information content (AvgIpc) is 2.45. The quantitative estimate of drug-likeness (QED) is 0.672. The van der Waals surface area contributed by atoms with E-state index >= 15 is 0 Å². The average molecular weight is 307 g/mol. The number of halogens is 2. The van der Waals surface area contributed by atoms with Crippen molar-refractivity contribution in [2.45, 2.75) is 6.92 Å². The molecule has 102 valence electrons. The first-order valence-corrected chi connectivity index (χ1v) is 6.68. The van der Waals surface area contributed by atoms with Gasteiger partial charge in [0.25, 0.3) is 5.91 Å². The summed E-state index contributed by atoms with van der Waals surface area (Å²) in [5, 5.41) is 5.06. The van der Waals surface area contributed by atoms with Crippen LogP contribution in [0.2, 0.25) is 10.0 Å². The molecule has 2 aromatic rings. The van der Waals surface area contributed by atoms with E-state index in [-0.39, 0.29) is 5.91 Å². The van der Waals surface area contributed by atoms with Crippen molar-refractivity contribution < 1.29 is 4.79 Å². The topological polar surface area (TPSA) is 41.5 Å². The van der Waals surface area contributed by atoms with Crippen LogP contribution in [0.5, 0.6) is 0 Å². The fourth-order valence-electron chi connectivity index (χ4n) is 1.62. The van der Waals surface area contributed by atoms with Crippen LogP contribution in [0.15, 0.2) is 53.6 Å². The molecule has 0 spiro atoms. The molecule has 2 rings (SSSR count). The van der Waals surface area contributed by atoms with Gasteiger partial charge in [0.05, 0.1) is 16.3 Å². The Kier molecular flexibility index (Phi) is 4.77. The summed E-state index contributed by atoms with van der Waals surface area (Å²) < 4.78 is 0. The highest BCUT2D eigenvalue weighted by Crippen LogP contribution is 2.15. The molecule has 0 saturated carbocycles. The van der Waals surface area contributed by atoms with Crippen LogP contribution < -0.4 is 5.43 Å². The van der Waals surface area contributed by atoms with Gasteiger partial charge in [0.15, 0.2) is 0 Å². The van der Waals surface area contributed by atoms with Crippen molar-refractivity contribution in [2.75, 3.05) is 0 Å². The van der Waals surface area contributed by atoms with E-state index in [1.807, 2.05) is 12.1 Å². The van der Waals surface area contributed by atoms with Crippen LogP contribution in [0.25, 0.3) is 0 Å². The second kappa shape index (κ2) is 6.55. The molecule has 3 nitrogen and oxygen atoms in total. The van der Waals surface area contributed by atoms with E-state index in [2.05, 4.69) is 10.5 Å². The van der Waals surface area contributed by atoms with E-state index in [4.69, 9.17) is 23.2 Å². The number of nitrogens with one attached hydrogen (secondary N) is 1. The zero-order valence-corrected chi connectivity index (χ0v) is 12.2. The molecule has 1 N–H and O–H groups in total. The van der Waals surface area contributed by atoms with Gasteiger partial charge < -0.3 is 0 Å². The van der Waals surface area contributed by atoms with Crippen molar-refractivity contribution in [3.05, 3.63) is 69.7 Å². The predicted octanol–water partition coefficient (Wildman–Crippen LogP) is 4.15. The van der Waals surface area contributed by atoms with E-state index < -0.39 is 0 Å². The Balaban J connectivity index is 2.13. The molecule has 0 fully saturated rings. The number of hydrazone groups is 1. The molecular formula is C15H12Cl2N2O. The Hall–Kier alpha value is -1.84. The second-order valence-corrected chi connectivity index (χ2v) is 4.97. The lowest BCUT2D eigenvalue weighted by Gasteiger charge is -2.04. The maximum Gasteiger partial charge on any atom is 0.272 e. The third-order valence-electron chi connectivity index (χ3n) is 2.69. The highest BCUT2D eigenvalue weighted by Gasteiger charge is 2.08. The van der Waals surface area contributed by atoms with Gasteiger partial charge in [0.1, 0.15) is 0 Å². The van der Waals surface area contributed by atoms with Crippen molar-refractivity contribution in [1.29, 1.82) is 0 Å². The van der Waals surface area contributed by atoms with Gasteiger partial charge in [-0.05, 0) is 36.8 Å². The van der Waals surface area contributed by atoms with Crippen LogP contribution in [0, 0.1) is 0 Å². The fraction of sp³-hybridized carbons (Fsp3) is 0.0667. The first-order valence-electron chi connectivity index (χ1n) is 5.93. The van der Waals surface area contributed by atoms with E-state index in [1.54, 1.807) is 43.3 Å². The standard InChI is InChI=1S/C15H12Cl2N2O/c1-10(11-5-4-6-12(16)9-11)18-19-15(20)13-7-2-3-8-14(13)17/h2-9H,1H3,(H,19,20)/b18-10-. The number of nitrogens with zero attached hydrogens (tertiary/aromatic N) is 1. The van der Waals surface area contributed by atoms with Crippen molar-refractivity contribution in [1.82, 2.24) is 5.43 Å². The van der Waals surface area contributed by atoms with Gasteiger partial charge in [-0.1, -0.05) is 47.5 Å². The first-order chi connectivity index (χ1) is 9.58. The van der Waals surface area contributed by atoms with Crippen LogP contribution in [0.4, 0.5) is 0 Å². The summed E-state index contributed by atoms with van der Waals surface area (Å²) in [6.07, 6.45) is 0.